The number of aromatic nitrogens is 1. The Morgan fingerprint density at radius 1 is 1.23 bits per heavy atom. The predicted molar refractivity (Wildman–Crippen MR) is 101 cm³/mol. The minimum absolute atomic E-state index is 0.166. The zero-order valence-electron chi connectivity index (χ0n) is 14.9. The maximum absolute atomic E-state index is 10.3. The van der Waals surface area contributed by atoms with Crippen LogP contribution in [-0.4, -0.2) is 61.9 Å². The lowest BCUT2D eigenvalue weighted by Gasteiger charge is -2.17. The summed E-state index contributed by atoms with van der Waals surface area (Å²) in [5.74, 6) is 1.71. The van der Waals surface area contributed by atoms with Crippen molar-refractivity contribution in [2.45, 2.75) is 0 Å². The first-order valence-corrected chi connectivity index (χ1v) is 8.90. The molecule has 1 aliphatic rings. The molecule has 1 aliphatic heterocycles. The number of rotatable bonds is 7. The molecule has 0 atom stereocenters. The van der Waals surface area contributed by atoms with Crippen LogP contribution in [0.25, 0.3) is 16.8 Å². The molecule has 0 bridgehead atoms. The Morgan fingerprint density at radius 3 is 2.69 bits per heavy atom. The average molecular weight is 375 g/mol. The van der Waals surface area contributed by atoms with Gasteiger partial charge < -0.3 is 24.2 Å². The number of hydrogen-bond acceptors (Lipinski definition) is 7. The summed E-state index contributed by atoms with van der Waals surface area (Å²) in [5.41, 5.74) is 2.12. The Morgan fingerprint density at radius 2 is 2.00 bits per heavy atom. The van der Waals surface area contributed by atoms with Gasteiger partial charge in [-0.05, 0) is 18.2 Å². The number of ether oxygens (including phenoxy) is 3. The lowest BCUT2D eigenvalue weighted by molar-refractivity contribution is 0.177. The summed E-state index contributed by atoms with van der Waals surface area (Å²) in [6.07, 6.45) is 0. The Labute approximate surface area is 156 Å². The molecule has 0 spiro atoms. The lowest BCUT2D eigenvalue weighted by Crippen LogP contribution is -2.29. The third kappa shape index (κ3) is 3.38. The normalized spacial score (nSPS) is 14.3. The fourth-order valence-electron chi connectivity index (χ4n) is 2.77. The second kappa shape index (κ2) is 7.76. The molecule has 2 aromatic rings. The van der Waals surface area contributed by atoms with Crippen LogP contribution in [0.1, 0.15) is 5.01 Å². The van der Waals surface area contributed by atoms with Gasteiger partial charge in [0.2, 0.25) is 0 Å². The number of nitrogens with zero attached hydrogens (tertiary/aromatic N) is 2. The largest absolute Gasteiger partial charge is 0.510 e. The zero-order valence-corrected chi connectivity index (χ0v) is 15.7. The second-order valence-electron chi connectivity index (χ2n) is 5.69. The second-order valence-corrected chi connectivity index (χ2v) is 6.55. The summed E-state index contributed by atoms with van der Waals surface area (Å²) in [4.78, 5) is 6.38. The summed E-state index contributed by atoms with van der Waals surface area (Å²) in [6.45, 7) is 1.36. The smallest absolute Gasteiger partial charge is 0.161 e. The minimum atomic E-state index is 0.166. The van der Waals surface area contributed by atoms with E-state index in [-0.39, 0.29) is 11.6 Å². The molecule has 8 heteroatoms. The van der Waals surface area contributed by atoms with Gasteiger partial charge in [-0.15, -0.1) is 11.3 Å². The predicted octanol–water partition coefficient (Wildman–Crippen LogP) is 3.04. The van der Waals surface area contributed by atoms with Gasteiger partial charge in [0.25, 0.3) is 0 Å². The van der Waals surface area contributed by atoms with Crippen LogP contribution in [0.4, 0.5) is 0 Å². The van der Waals surface area contributed by atoms with Gasteiger partial charge in [0.05, 0.1) is 38.6 Å². The number of aliphatic hydroxyl groups is 1. The number of thiazole rings is 1. The molecule has 26 heavy (non-hydrogen) atoms. The Hall–Kier alpha value is -2.58. The minimum Gasteiger partial charge on any atom is -0.510 e. The van der Waals surface area contributed by atoms with E-state index in [4.69, 9.17) is 19.6 Å². The fraction of sp³-hybridized carbons (Fsp3) is 0.333. The molecule has 138 valence electrons. The topological polar surface area (TPSA) is 87.9 Å². The van der Waals surface area contributed by atoms with E-state index in [1.54, 1.807) is 26.2 Å². The van der Waals surface area contributed by atoms with Crippen molar-refractivity contribution in [1.29, 1.82) is 5.41 Å². The third-order valence-corrected chi connectivity index (χ3v) is 5.00. The molecule has 1 aromatic heterocycles. The van der Waals surface area contributed by atoms with Crippen LogP contribution in [0.2, 0.25) is 0 Å². The highest BCUT2D eigenvalue weighted by molar-refractivity contribution is 7.11. The van der Waals surface area contributed by atoms with Crippen molar-refractivity contribution in [3.05, 3.63) is 34.3 Å². The Kier molecular flexibility index (Phi) is 5.43. The first-order chi connectivity index (χ1) is 12.6. The van der Waals surface area contributed by atoms with E-state index in [2.05, 4.69) is 4.98 Å². The van der Waals surface area contributed by atoms with Gasteiger partial charge in [-0.3, -0.25) is 5.41 Å². The van der Waals surface area contributed by atoms with Crippen molar-refractivity contribution in [2.24, 2.45) is 0 Å². The van der Waals surface area contributed by atoms with E-state index in [0.717, 1.165) is 11.3 Å². The first kappa shape index (κ1) is 18.2. The summed E-state index contributed by atoms with van der Waals surface area (Å²) in [6, 6.07) is 5.59. The summed E-state index contributed by atoms with van der Waals surface area (Å²) in [5, 5.41) is 21.1. The summed E-state index contributed by atoms with van der Waals surface area (Å²) < 4.78 is 15.7. The average Bonchev–Trinajstić information content (AvgIpc) is 3.23. The first-order valence-electron chi connectivity index (χ1n) is 8.02. The Bertz CT molecular complexity index is 847. The van der Waals surface area contributed by atoms with Crippen LogP contribution in [0, 0.1) is 5.41 Å². The monoisotopic (exact) mass is 375 g/mol. The van der Waals surface area contributed by atoms with Gasteiger partial charge in [0.15, 0.2) is 11.5 Å². The quantitative estimate of drug-likeness (QED) is 0.773. The molecule has 0 fully saturated rings. The molecule has 3 rings (SSSR count). The van der Waals surface area contributed by atoms with E-state index in [1.165, 1.54) is 11.3 Å². The highest BCUT2D eigenvalue weighted by Crippen LogP contribution is 2.35. The molecule has 0 amide bonds. The van der Waals surface area contributed by atoms with E-state index < -0.39 is 0 Å². The zero-order chi connectivity index (χ0) is 18.7. The van der Waals surface area contributed by atoms with Gasteiger partial charge in [0.1, 0.15) is 16.6 Å². The van der Waals surface area contributed by atoms with Gasteiger partial charge in [0, 0.05) is 24.6 Å². The molecule has 0 aliphatic carbocycles. The molecule has 0 saturated carbocycles. The molecule has 0 radical (unpaired) electrons. The maximum atomic E-state index is 10.3. The van der Waals surface area contributed by atoms with Gasteiger partial charge in [-0.1, -0.05) is 0 Å². The van der Waals surface area contributed by atoms with Crippen molar-refractivity contribution in [1.82, 2.24) is 9.88 Å². The van der Waals surface area contributed by atoms with Crippen molar-refractivity contribution >= 4 is 22.7 Å². The van der Waals surface area contributed by atoms with E-state index in [1.807, 2.05) is 23.6 Å². The summed E-state index contributed by atoms with van der Waals surface area (Å²) >= 11 is 1.40. The number of benzene rings is 1. The number of amidine groups is 1. The Balaban J connectivity index is 1.86. The van der Waals surface area contributed by atoms with Gasteiger partial charge in [-0.25, -0.2) is 4.98 Å². The highest BCUT2D eigenvalue weighted by Gasteiger charge is 2.30. The maximum Gasteiger partial charge on any atom is 0.161 e. The van der Waals surface area contributed by atoms with Crippen LogP contribution >= 0.6 is 11.3 Å². The van der Waals surface area contributed by atoms with Crippen molar-refractivity contribution < 1.29 is 19.3 Å². The van der Waals surface area contributed by atoms with E-state index in [9.17, 15) is 5.11 Å². The highest BCUT2D eigenvalue weighted by atomic mass is 32.1. The lowest BCUT2D eigenvalue weighted by atomic mass is 10.1. The van der Waals surface area contributed by atoms with Crippen LogP contribution in [0.15, 0.2) is 29.3 Å². The number of aliphatic hydroxyl groups excluding tert-OH is 1. The van der Waals surface area contributed by atoms with Crippen molar-refractivity contribution in [3.8, 4) is 22.8 Å². The molecule has 1 aromatic carbocycles. The van der Waals surface area contributed by atoms with Crippen LogP contribution < -0.4 is 9.47 Å². The third-order valence-electron chi connectivity index (χ3n) is 4.14. The molecule has 2 N–H and O–H groups in total. The van der Waals surface area contributed by atoms with Crippen LogP contribution in [0.5, 0.6) is 11.5 Å². The van der Waals surface area contributed by atoms with Crippen LogP contribution in [0.3, 0.4) is 0 Å². The van der Waals surface area contributed by atoms with Crippen molar-refractivity contribution in [3.63, 3.8) is 0 Å². The molecular formula is C18H21N3O4S. The van der Waals surface area contributed by atoms with Crippen molar-refractivity contribution in [2.75, 3.05) is 41.0 Å². The molecule has 2 heterocycles. The van der Waals surface area contributed by atoms with E-state index >= 15 is 0 Å². The van der Waals surface area contributed by atoms with E-state index in [0.29, 0.717) is 41.8 Å². The molecular weight excluding hydrogens is 354 g/mol. The van der Waals surface area contributed by atoms with Gasteiger partial charge in [-0.2, -0.15) is 0 Å². The number of methoxy groups -OCH3 is 3. The molecule has 0 unspecified atom stereocenters. The molecule has 0 saturated heterocycles. The number of hydrogen-bond donors (Lipinski definition) is 2. The van der Waals surface area contributed by atoms with Gasteiger partial charge >= 0.3 is 0 Å². The standard InChI is InChI=1S/C18H21N3O4S/c1-23-7-6-21-9-13(22)16(17(21)19)18-20-12(10-26-18)11-4-5-14(24-2)15(8-11)25-3/h4-5,8,10,19,22H,6-7,9H2,1-3H3. The SMILES string of the molecule is COCCN1CC(O)=C(c2nc(-c3ccc(OC)c(OC)c3)cs2)C1=N. The molecule has 7 nitrogen and oxygen atoms in total. The fourth-order valence-corrected chi connectivity index (χ4v) is 3.66. The summed E-state index contributed by atoms with van der Waals surface area (Å²) in [7, 11) is 4.80. The number of nitrogens with one attached hydrogen (secondary N) is 1. The van der Waals surface area contributed by atoms with Crippen LogP contribution in [-0.2, 0) is 4.74 Å².